The lowest BCUT2D eigenvalue weighted by Crippen LogP contribution is -2.35. The van der Waals surface area contributed by atoms with E-state index in [9.17, 15) is 18.4 Å². The second kappa shape index (κ2) is 8.37. The largest absolute Gasteiger partial charge is 0.350 e. The maximum atomic E-state index is 13.9. The number of amides is 2. The van der Waals surface area contributed by atoms with Crippen LogP contribution in [-0.2, 0) is 9.59 Å². The molecule has 0 spiro atoms. The smallest absolute Gasteiger partial charge is 0.223 e. The molecule has 0 bridgehead atoms. The second-order valence-electron chi connectivity index (χ2n) is 5.72. The third kappa shape index (κ3) is 5.11. The van der Waals surface area contributed by atoms with Crippen molar-refractivity contribution in [3.63, 3.8) is 0 Å². The predicted molar refractivity (Wildman–Crippen MR) is 92.0 cm³/mol. The van der Waals surface area contributed by atoms with Crippen molar-refractivity contribution in [3.05, 3.63) is 65.7 Å². The van der Waals surface area contributed by atoms with E-state index in [0.29, 0.717) is 6.07 Å². The number of hydrogen-bond acceptors (Lipinski definition) is 2. The second-order valence-corrected chi connectivity index (χ2v) is 5.72. The summed E-state index contributed by atoms with van der Waals surface area (Å²) >= 11 is 0. The van der Waals surface area contributed by atoms with Gasteiger partial charge in [0, 0.05) is 26.0 Å². The van der Waals surface area contributed by atoms with E-state index in [-0.39, 0.29) is 30.6 Å². The summed E-state index contributed by atoms with van der Waals surface area (Å²) in [5.41, 5.74) is 0.918. The Kier molecular flexibility index (Phi) is 6.22. The van der Waals surface area contributed by atoms with Gasteiger partial charge in [0.1, 0.15) is 11.6 Å². The van der Waals surface area contributed by atoms with Crippen LogP contribution in [0.1, 0.15) is 31.9 Å². The number of benzene rings is 2. The van der Waals surface area contributed by atoms with E-state index in [4.69, 9.17) is 0 Å². The van der Waals surface area contributed by atoms with Crippen molar-refractivity contribution in [2.45, 2.75) is 26.3 Å². The summed E-state index contributed by atoms with van der Waals surface area (Å²) in [4.78, 5) is 25.0. The van der Waals surface area contributed by atoms with Crippen LogP contribution in [0, 0.1) is 11.6 Å². The SMILES string of the molecule is CC(=O)N(CCC(=O)NC(C)c1ccccc1)c1ccc(F)cc1F. The van der Waals surface area contributed by atoms with Gasteiger partial charge in [0.25, 0.3) is 0 Å². The van der Waals surface area contributed by atoms with Crippen LogP contribution in [0.5, 0.6) is 0 Å². The van der Waals surface area contributed by atoms with E-state index in [2.05, 4.69) is 5.32 Å². The molecular formula is C19H20F2N2O2. The highest BCUT2D eigenvalue weighted by Gasteiger charge is 2.18. The van der Waals surface area contributed by atoms with E-state index < -0.39 is 17.5 Å². The normalized spacial score (nSPS) is 11.7. The molecule has 0 aliphatic rings. The number of carbonyl (C=O) groups excluding carboxylic acids is 2. The molecule has 1 atom stereocenters. The standard InChI is InChI=1S/C19H20F2N2O2/c1-13(15-6-4-3-5-7-15)22-19(25)10-11-23(14(2)24)18-9-8-16(20)12-17(18)21/h3-9,12-13H,10-11H2,1-2H3,(H,22,25). The summed E-state index contributed by atoms with van der Waals surface area (Å²) in [6.45, 7) is 3.13. The van der Waals surface area contributed by atoms with Crippen LogP contribution in [0.4, 0.5) is 14.5 Å². The van der Waals surface area contributed by atoms with Gasteiger partial charge in [-0.15, -0.1) is 0 Å². The summed E-state index contributed by atoms with van der Waals surface area (Å²) < 4.78 is 26.9. The number of halogens is 2. The molecule has 1 N–H and O–H groups in total. The van der Waals surface area contributed by atoms with Gasteiger partial charge in [-0.25, -0.2) is 8.78 Å². The molecule has 25 heavy (non-hydrogen) atoms. The minimum Gasteiger partial charge on any atom is -0.350 e. The van der Waals surface area contributed by atoms with Crippen LogP contribution in [0.15, 0.2) is 48.5 Å². The molecule has 0 saturated heterocycles. The molecule has 2 amide bonds. The molecular weight excluding hydrogens is 326 g/mol. The van der Waals surface area contributed by atoms with Gasteiger partial charge in [-0.1, -0.05) is 30.3 Å². The quantitative estimate of drug-likeness (QED) is 0.869. The van der Waals surface area contributed by atoms with Gasteiger partial charge in [0.05, 0.1) is 11.7 Å². The summed E-state index contributed by atoms with van der Waals surface area (Å²) in [5, 5.41) is 2.83. The fraction of sp³-hybridized carbons (Fsp3) is 0.263. The number of hydrogen-bond donors (Lipinski definition) is 1. The van der Waals surface area contributed by atoms with Crippen LogP contribution in [0.2, 0.25) is 0 Å². The van der Waals surface area contributed by atoms with Crippen LogP contribution in [0.25, 0.3) is 0 Å². The fourth-order valence-corrected chi connectivity index (χ4v) is 2.50. The van der Waals surface area contributed by atoms with Crippen molar-refractivity contribution < 1.29 is 18.4 Å². The molecule has 0 aliphatic heterocycles. The third-order valence-electron chi connectivity index (χ3n) is 3.82. The zero-order valence-electron chi connectivity index (χ0n) is 14.1. The first-order valence-corrected chi connectivity index (χ1v) is 7.96. The maximum absolute atomic E-state index is 13.9. The molecule has 4 nitrogen and oxygen atoms in total. The molecule has 0 heterocycles. The van der Waals surface area contributed by atoms with Gasteiger partial charge in [-0.05, 0) is 24.6 Å². The lowest BCUT2D eigenvalue weighted by molar-refractivity contribution is -0.121. The van der Waals surface area contributed by atoms with Crippen molar-refractivity contribution in [3.8, 4) is 0 Å². The molecule has 0 radical (unpaired) electrons. The van der Waals surface area contributed by atoms with E-state index in [1.54, 1.807) is 0 Å². The minimum atomic E-state index is -0.840. The molecule has 132 valence electrons. The molecule has 0 fully saturated rings. The lowest BCUT2D eigenvalue weighted by atomic mass is 10.1. The first-order valence-electron chi connectivity index (χ1n) is 7.96. The number of carbonyl (C=O) groups is 2. The molecule has 0 saturated carbocycles. The molecule has 2 rings (SSSR count). The first-order chi connectivity index (χ1) is 11.9. The molecule has 1 unspecified atom stereocenters. The Balaban J connectivity index is 1.99. The molecule has 2 aromatic carbocycles. The third-order valence-corrected chi connectivity index (χ3v) is 3.82. The average Bonchev–Trinajstić information content (AvgIpc) is 2.57. The molecule has 2 aromatic rings. The van der Waals surface area contributed by atoms with Gasteiger partial charge < -0.3 is 10.2 Å². The first kappa shape index (κ1) is 18.6. The Morgan fingerprint density at radius 2 is 1.80 bits per heavy atom. The highest BCUT2D eigenvalue weighted by Crippen LogP contribution is 2.21. The number of anilines is 1. The predicted octanol–water partition coefficient (Wildman–Crippen LogP) is 3.59. The maximum Gasteiger partial charge on any atom is 0.223 e. The topological polar surface area (TPSA) is 49.4 Å². The van der Waals surface area contributed by atoms with Crippen molar-refractivity contribution in [2.24, 2.45) is 0 Å². The number of rotatable bonds is 6. The van der Waals surface area contributed by atoms with Crippen molar-refractivity contribution >= 4 is 17.5 Å². The molecule has 0 aliphatic carbocycles. The Labute approximate surface area is 145 Å². The Hall–Kier alpha value is -2.76. The van der Waals surface area contributed by atoms with Gasteiger partial charge in [0.2, 0.25) is 11.8 Å². The van der Waals surface area contributed by atoms with Crippen molar-refractivity contribution in [1.29, 1.82) is 0 Å². The van der Waals surface area contributed by atoms with E-state index in [1.165, 1.54) is 13.0 Å². The Morgan fingerprint density at radius 3 is 2.40 bits per heavy atom. The van der Waals surface area contributed by atoms with Crippen LogP contribution in [-0.4, -0.2) is 18.4 Å². The average molecular weight is 346 g/mol. The minimum absolute atomic E-state index is 0.00519. The van der Waals surface area contributed by atoms with Gasteiger partial charge in [-0.2, -0.15) is 0 Å². The van der Waals surface area contributed by atoms with Gasteiger partial charge in [-0.3, -0.25) is 9.59 Å². The van der Waals surface area contributed by atoms with Crippen LogP contribution in [0.3, 0.4) is 0 Å². The number of nitrogens with one attached hydrogen (secondary N) is 1. The highest BCUT2D eigenvalue weighted by molar-refractivity contribution is 5.92. The van der Waals surface area contributed by atoms with Crippen molar-refractivity contribution in [2.75, 3.05) is 11.4 Å². The monoisotopic (exact) mass is 346 g/mol. The van der Waals surface area contributed by atoms with E-state index >= 15 is 0 Å². The highest BCUT2D eigenvalue weighted by atomic mass is 19.1. The Bertz CT molecular complexity index is 750. The molecule has 0 aromatic heterocycles. The molecule has 6 heteroatoms. The van der Waals surface area contributed by atoms with Crippen LogP contribution >= 0.6 is 0 Å². The van der Waals surface area contributed by atoms with E-state index in [0.717, 1.165) is 16.5 Å². The van der Waals surface area contributed by atoms with E-state index in [1.807, 2.05) is 37.3 Å². The summed E-state index contributed by atoms with van der Waals surface area (Å²) in [5.74, 6) is -2.24. The number of nitrogens with zero attached hydrogens (tertiary/aromatic N) is 1. The zero-order valence-corrected chi connectivity index (χ0v) is 14.1. The zero-order chi connectivity index (χ0) is 18.4. The van der Waals surface area contributed by atoms with Crippen molar-refractivity contribution in [1.82, 2.24) is 5.32 Å². The van der Waals surface area contributed by atoms with Crippen LogP contribution < -0.4 is 10.2 Å². The van der Waals surface area contributed by atoms with Gasteiger partial charge >= 0.3 is 0 Å². The summed E-state index contributed by atoms with van der Waals surface area (Å²) in [7, 11) is 0. The summed E-state index contributed by atoms with van der Waals surface area (Å²) in [6.07, 6.45) is 0.00751. The van der Waals surface area contributed by atoms with Gasteiger partial charge in [0.15, 0.2) is 0 Å². The summed E-state index contributed by atoms with van der Waals surface area (Å²) in [6, 6.07) is 12.3. The lowest BCUT2D eigenvalue weighted by Gasteiger charge is -2.22. The fourth-order valence-electron chi connectivity index (χ4n) is 2.50. The Morgan fingerprint density at radius 1 is 1.12 bits per heavy atom.